The van der Waals surface area contributed by atoms with Crippen molar-refractivity contribution in [1.29, 1.82) is 0 Å². The average Bonchev–Trinajstić information content (AvgIpc) is 2.91. The lowest BCUT2D eigenvalue weighted by Crippen LogP contribution is -2.01. The third-order valence-electron chi connectivity index (χ3n) is 3.41. The molecule has 0 amide bonds. The maximum Gasteiger partial charge on any atom is 0.143 e. The van der Waals surface area contributed by atoms with Gasteiger partial charge in [0.2, 0.25) is 0 Å². The fraction of sp³-hybridized carbons (Fsp3) is 0.176. The highest BCUT2D eigenvalue weighted by Gasteiger charge is 2.07. The number of nitrogens with two attached hydrogens (primary N) is 1. The van der Waals surface area contributed by atoms with Crippen molar-refractivity contribution in [3.05, 3.63) is 65.9 Å². The van der Waals surface area contributed by atoms with Crippen molar-refractivity contribution < 1.29 is 4.74 Å². The average molecular weight is 303 g/mol. The molecule has 1 aromatic heterocycles. The summed E-state index contributed by atoms with van der Waals surface area (Å²) in [5, 5.41) is 1.20. The maximum absolute atomic E-state index is 5.93. The molecule has 0 bridgehead atoms. The number of H-pyrrole nitrogens is 1. The van der Waals surface area contributed by atoms with Crippen LogP contribution in [-0.2, 0) is 13.0 Å². The molecule has 110 valence electrons. The molecule has 0 fully saturated rings. The molecule has 3 N–H and O–H groups in total. The summed E-state index contributed by atoms with van der Waals surface area (Å²) in [5.74, 6) is 0.884. The lowest BCUT2D eigenvalue weighted by atomic mass is 10.1. The molecule has 0 aliphatic rings. The molecular formula is C17H19ClN2O. The van der Waals surface area contributed by atoms with Crippen molar-refractivity contribution in [2.45, 2.75) is 13.0 Å². The zero-order valence-electron chi connectivity index (χ0n) is 11.7. The Morgan fingerprint density at radius 3 is 2.57 bits per heavy atom. The lowest BCUT2D eigenvalue weighted by Gasteiger charge is -2.07. The molecule has 0 spiro atoms. The number of para-hydroxylation sites is 1. The zero-order valence-corrected chi connectivity index (χ0v) is 12.5. The van der Waals surface area contributed by atoms with Crippen LogP contribution in [0.4, 0.5) is 0 Å². The number of rotatable bonds is 5. The summed E-state index contributed by atoms with van der Waals surface area (Å²) in [7, 11) is 0. The van der Waals surface area contributed by atoms with Crippen LogP contribution in [0.25, 0.3) is 10.9 Å². The quantitative estimate of drug-likeness (QED) is 0.755. The Bertz CT molecular complexity index is 694. The number of ether oxygens (including phenoxy) is 1. The van der Waals surface area contributed by atoms with Gasteiger partial charge in [-0.2, -0.15) is 0 Å². The number of benzene rings is 2. The van der Waals surface area contributed by atoms with Crippen LogP contribution in [0, 0.1) is 0 Å². The number of aromatic nitrogens is 1. The van der Waals surface area contributed by atoms with Crippen molar-refractivity contribution in [2.24, 2.45) is 5.73 Å². The number of nitrogens with one attached hydrogen (secondary N) is 1. The summed E-state index contributed by atoms with van der Waals surface area (Å²) in [4.78, 5) is 3.30. The maximum atomic E-state index is 5.93. The largest absolute Gasteiger partial charge is 0.487 e. The van der Waals surface area contributed by atoms with Gasteiger partial charge in [0.1, 0.15) is 12.4 Å². The van der Waals surface area contributed by atoms with Gasteiger partial charge in [-0.25, -0.2) is 0 Å². The zero-order chi connectivity index (χ0) is 13.8. The van der Waals surface area contributed by atoms with Gasteiger partial charge in [-0.15, -0.1) is 12.4 Å². The molecular weight excluding hydrogens is 284 g/mol. The van der Waals surface area contributed by atoms with Crippen LogP contribution in [-0.4, -0.2) is 11.5 Å². The lowest BCUT2D eigenvalue weighted by molar-refractivity contribution is 0.309. The van der Waals surface area contributed by atoms with E-state index >= 15 is 0 Å². The van der Waals surface area contributed by atoms with E-state index in [1.807, 2.05) is 36.5 Å². The summed E-state index contributed by atoms with van der Waals surface area (Å²) in [6.07, 6.45) is 2.90. The molecule has 0 saturated carbocycles. The minimum atomic E-state index is 0. The second-order valence-corrected chi connectivity index (χ2v) is 4.81. The molecule has 0 atom stereocenters. The Morgan fingerprint density at radius 2 is 1.81 bits per heavy atom. The summed E-state index contributed by atoms with van der Waals surface area (Å²) < 4.78 is 5.93. The van der Waals surface area contributed by atoms with Gasteiger partial charge >= 0.3 is 0 Å². The normalized spacial score (nSPS) is 10.3. The van der Waals surface area contributed by atoms with Gasteiger partial charge in [-0.05, 0) is 30.2 Å². The fourth-order valence-electron chi connectivity index (χ4n) is 2.40. The molecule has 0 radical (unpaired) electrons. The first-order valence-corrected chi connectivity index (χ1v) is 6.84. The Hall–Kier alpha value is -1.97. The second-order valence-electron chi connectivity index (χ2n) is 4.81. The Balaban J connectivity index is 0.00000161. The molecule has 0 aliphatic heterocycles. The Kier molecular flexibility index (Phi) is 5.26. The molecule has 21 heavy (non-hydrogen) atoms. The fourth-order valence-corrected chi connectivity index (χ4v) is 2.40. The van der Waals surface area contributed by atoms with Crippen LogP contribution < -0.4 is 10.5 Å². The summed E-state index contributed by atoms with van der Waals surface area (Å²) in [6, 6.07) is 16.3. The van der Waals surface area contributed by atoms with E-state index in [0.29, 0.717) is 13.2 Å². The van der Waals surface area contributed by atoms with Gasteiger partial charge in [0.05, 0.1) is 5.52 Å². The van der Waals surface area contributed by atoms with Crippen molar-refractivity contribution >= 4 is 23.3 Å². The highest BCUT2D eigenvalue weighted by molar-refractivity contribution is 5.88. The van der Waals surface area contributed by atoms with Crippen LogP contribution in [0.3, 0.4) is 0 Å². The molecule has 3 nitrogen and oxygen atoms in total. The van der Waals surface area contributed by atoms with E-state index in [1.165, 1.54) is 16.5 Å². The first-order chi connectivity index (χ1) is 9.88. The summed E-state index contributed by atoms with van der Waals surface area (Å²) in [5.41, 5.74) is 9.09. The minimum absolute atomic E-state index is 0. The van der Waals surface area contributed by atoms with E-state index in [4.69, 9.17) is 10.5 Å². The third-order valence-corrected chi connectivity index (χ3v) is 3.41. The topological polar surface area (TPSA) is 51.0 Å². The predicted molar refractivity (Wildman–Crippen MR) is 89.1 cm³/mol. The first kappa shape index (κ1) is 15.4. The van der Waals surface area contributed by atoms with Crippen molar-refractivity contribution in [3.8, 4) is 5.75 Å². The van der Waals surface area contributed by atoms with Crippen molar-refractivity contribution in [2.75, 3.05) is 6.54 Å². The van der Waals surface area contributed by atoms with E-state index < -0.39 is 0 Å². The van der Waals surface area contributed by atoms with E-state index in [-0.39, 0.29) is 12.4 Å². The van der Waals surface area contributed by atoms with Crippen molar-refractivity contribution in [1.82, 2.24) is 4.98 Å². The van der Waals surface area contributed by atoms with Gasteiger partial charge in [-0.1, -0.05) is 42.5 Å². The molecule has 2 aromatic carbocycles. The first-order valence-electron chi connectivity index (χ1n) is 6.84. The molecule has 4 heteroatoms. The number of fused-ring (bicyclic) bond motifs is 1. The van der Waals surface area contributed by atoms with E-state index in [2.05, 4.69) is 23.2 Å². The molecule has 0 saturated heterocycles. The van der Waals surface area contributed by atoms with Crippen LogP contribution in [0.15, 0.2) is 54.7 Å². The smallest absolute Gasteiger partial charge is 0.143 e. The number of halogens is 1. The number of hydrogen-bond acceptors (Lipinski definition) is 2. The molecule has 3 aromatic rings. The Labute approximate surface area is 130 Å². The van der Waals surface area contributed by atoms with Crippen LogP contribution >= 0.6 is 12.4 Å². The summed E-state index contributed by atoms with van der Waals surface area (Å²) in [6.45, 7) is 1.23. The van der Waals surface area contributed by atoms with Gasteiger partial charge in [0, 0.05) is 11.6 Å². The van der Waals surface area contributed by atoms with Crippen LogP contribution in [0.5, 0.6) is 5.75 Å². The number of aromatic amines is 1. The van der Waals surface area contributed by atoms with Gasteiger partial charge in [-0.3, -0.25) is 0 Å². The molecule has 1 heterocycles. The highest BCUT2D eigenvalue weighted by Crippen LogP contribution is 2.28. The van der Waals surface area contributed by atoms with Crippen LogP contribution in [0.2, 0.25) is 0 Å². The number of hydrogen-bond donors (Lipinski definition) is 2. The van der Waals surface area contributed by atoms with Gasteiger partial charge < -0.3 is 15.5 Å². The van der Waals surface area contributed by atoms with E-state index in [1.54, 1.807) is 0 Å². The highest BCUT2D eigenvalue weighted by atomic mass is 35.5. The van der Waals surface area contributed by atoms with Gasteiger partial charge in [0.25, 0.3) is 0 Å². The van der Waals surface area contributed by atoms with E-state index in [0.717, 1.165) is 17.7 Å². The van der Waals surface area contributed by atoms with Crippen molar-refractivity contribution in [3.63, 3.8) is 0 Å². The third kappa shape index (κ3) is 3.38. The predicted octanol–water partition coefficient (Wildman–Crippen LogP) is 3.67. The standard InChI is InChI=1S/C17H18N2O.ClH/c18-10-9-14-11-19-17-15(14)7-4-8-16(17)20-12-13-5-2-1-3-6-13;/h1-8,11,19H,9-10,12,18H2;1H. The molecule has 3 rings (SSSR count). The second kappa shape index (κ2) is 7.16. The SMILES string of the molecule is Cl.NCCc1c[nH]c2c(OCc3ccccc3)cccc12. The van der Waals surface area contributed by atoms with E-state index in [9.17, 15) is 0 Å². The minimum Gasteiger partial charge on any atom is -0.487 e. The molecule has 0 aliphatic carbocycles. The van der Waals surface area contributed by atoms with Crippen LogP contribution in [0.1, 0.15) is 11.1 Å². The Morgan fingerprint density at radius 1 is 1.00 bits per heavy atom. The monoisotopic (exact) mass is 302 g/mol. The van der Waals surface area contributed by atoms with Gasteiger partial charge in [0.15, 0.2) is 0 Å². The molecule has 0 unspecified atom stereocenters. The summed E-state index contributed by atoms with van der Waals surface area (Å²) >= 11 is 0.